The number of esters is 1. The van der Waals surface area contributed by atoms with Gasteiger partial charge in [0.25, 0.3) is 0 Å². The Morgan fingerprint density at radius 3 is 2.37 bits per heavy atom. The molecule has 1 aromatic rings. The minimum atomic E-state index is -1.03. The molecule has 1 N–H and O–H groups in total. The minimum absolute atomic E-state index is 0.186. The number of aryl methyl sites for hydroxylation is 1. The molecule has 1 spiro atoms. The Balaban J connectivity index is 1.75. The molecule has 1 amide bonds. The van der Waals surface area contributed by atoms with Gasteiger partial charge in [0.2, 0.25) is 5.91 Å². The zero-order chi connectivity index (χ0) is 19.7. The largest absolute Gasteiger partial charge is 0.467 e. The number of amides is 1. The first-order chi connectivity index (χ1) is 12.8. The zero-order valence-electron chi connectivity index (χ0n) is 16.0. The summed E-state index contributed by atoms with van der Waals surface area (Å²) in [4.78, 5) is 25.4. The minimum Gasteiger partial charge on any atom is -0.467 e. The van der Waals surface area contributed by atoms with Crippen molar-refractivity contribution in [1.82, 2.24) is 5.32 Å². The Bertz CT molecular complexity index is 732. The lowest BCUT2D eigenvalue weighted by Crippen LogP contribution is -2.59. The lowest BCUT2D eigenvalue weighted by molar-refractivity contribution is -0.192. The number of carbonyl (C=O) groups excluding carboxylic acids is 2. The molecule has 0 atom stereocenters. The smallest absolute Gasteiger partial charge is 0.331 e. The van der Waals surface area contributed by atoms with Gasteiger partial charge < -0.3 is 19.5 Å². The summed E-state index contributed by atoms with van der Waals surface area (Å²) in [7, 11) is 1.35. The molecular formula is C20H26BrNO5. The average molecular weight is 440 g/mol. The Kier molecular flexibility index (Phi) is 5.93. The zero-order valence-corrected chi connectivity index (χ0v) is 17.6. The number of halogens is 1. The summed E-state index contributed by atoms with van der Waals surface area (Å²) in [5, 5.41) is 2.97. The fourth-order valence-corrected chi connectivity index (χ4v) is 4.40. The molecule has 1 saturated carbocycles. The highest BCUT2D eigenvalue weighted by Gasteiger charge is 2.51. The van der Waals surface area contributed by atoms with E-state index in [0.29, 0.717) is 38.9 Å². The van der Waals surface area contributed by atoms with Crippen LogP contribution in [0.2, 0.25) is 0 Å². The topological polar surface area (TPSA) is 73.9 Å². The van der Waals surface area contributed by atoms with Crippen molar-refractivity contribution < 1.29 is 23.8 Å². The van der Waals surface area contributed by atoms with E-state index in [1.807, 2.05) is 26.0 Å². The van der Waals surface area contributed by atoms with E-state index >= 15 is 0 Å². The maximum absolute atomic E-state index is 12.8. The Labute approximate surface area is 168 Å². The van der Waals surface area contributed by atoms with Gasteiger partial charge in [0, 0.05) is 17.3 Å². The molecule has 27 heavy (non-hydrogen) atoms. The molecular weight excluding hydrogens is 414 g/mol. The number of ether oxygens (including phenoxy) is 3. The Morgan fingerprint density at radius 1 is 1.15 bits per heavy atom. The third-order valence-electron chi connectivity index (χ3n) is 5.74. The van der Waals surface area contributed by atoms with E-state index in [4.69, 9.17) is 14.2 Å². The van der Waals surface area contributed by atoms with E-state index in [1.165, 1.54) is 7.11 Å². The van der Waals surface area contributed by atoms with Crippen molar-refractivity contribution in [1.29, 1.82) is 0 Å². The van der Waals surface area contributed by atoms with Gasteiger partial charge in [-0.3, -0.25) is 4.79 Å². The fraction of sp³-hybridized carbons (Fsp3) is 0.600. The number of carbonyl (C=O) groups is 2. The molecule has 0 unspecified atom stereocenters. The number of hydrogen-bond acceptors (Lipinski definition) is 5. The molecule has 3 rings (SSSR count). The Morgan fingerprint density at radius 2 is 1.78 bits per heavy atom. The van der Waals surface area contributed by atoms with Gasteiger partial charge in [0.15, 0.2) is 5.79 Å². The van der Waals surface area contributed by atoms with Gasteiger partial charge in [0.1, 0.15) is 5.54 Å². The number of methoxy groups -OCH3 is 1. The first kappa shape index (κ1) is 20.3. The van der Waals surface area contributed by atoms with Gasteiger partial charge in [0.05, 0.1) is 26.7 Å². The van der Waals surface area contributed by atoms with Gasteiger partial charge in [-0.2, -0.15) is 0 Å². The lowest BCUT2D eigenvalue weighted by Gasteiger charge is -2.42. The molecule has 0 radical (unpaired) electrons. The molecule has 1 aromatic carbocycles. The molecule has 1 heterocycles. The third kappa shape index (κ3) is 4.05. The SMILES string of the molecule is COC(=O)C1(NC(=O)Cc2c(C)ccc(Br)c2C)CCC2(CC1)OCCO2. The van der Waals surface area contributed by atoms with E-state index < -0.39 is 17.3 Å². The van der Waals surface area contributed by atoms with Crippen LogP contribution in [-0.2, 0) is 30.2 Å². The second kappa shape index (κ2) is 7.89. The molecule has 2 aliphatic rings. The lowest BCUT2D eigenvalue weighted by atomic mass is 9.78. The van der Waals surface area contributed by atoms with E-state index in [-0.39, 0.29) is 12.3 Å². The van der Waals surface area contributed by atoms with Crippen LogP contribution < -0.4 is 5.32 Å². The predicted molar refractivity (Wildman–Crippen MR) is 103 cm³/mol. The first-order valence-electron chi connectivity index (χ1n) is 9.23. The molecule has 2 fully saturated rings. The summed E-state index contributed by atoms with van der Waals surface area (Å²) in [5.41, 5.74) is 2.03. The summed E-state index contributed by atoms with van der Waals surface area (Å²) in [6.07, 6.45) is 2.19. The number of benzene rings is 1. The van der Waals surface area contributed by atoms with Gasteiger partial charge in [-0.15, -0.1) is 0 Å². The summed E-state index contributed by atoms with van der Waals surface area (Å²) >= 11 is 3.51. The van der Waals surface area contributed by atoms with Crippen LogP contribution in [0.15, 0.2) is 16.6 Å². The molecule has 1 aliphatic heterocycles. The van der Waals surface area contributed by atoms with Crippen molar-refractivity contribution in [2.75, 3.05) is 20.3 Å². The maximum Gasteiger partial charge on any atom is 0.331 e. The van der Waals surface area contributed by atoms with Crippen LogP contribution in [0.3, 0.4) is 0 Å². The summed E-state index contributed by atoms with van der Waals surface area (Å²) in [5.74, 6) is -1.21. The number of rotatable bonds is 4. The van der Waals surface area contributed by atoms with Crippen LogP contribution in [0.25, 0.3) is 0 Å². The highest BCUT2D eigenvalue weighted by Crippen LogP contribution is 2.41. The third-order valence-corrected chi connectivity index (χ3v) is 6.60. The fourth-order valence-electron chi connectivity index (χ4n) is 4.03. The van der Waals surface area contributed by atoms with E-state index in [9.17, 15) is 9.59 Å². The maximum atomic E-state index is 12.8. The first-order valence-corrected chi connectivity index (χ1v) is 10.0. The van der Waals surface area contributed by atoms with Crippen molar-refractivity contribution in [3.8, 4) is 0 Å². The normalized spacial score (nSPS) is 20.4. The molecule has 0 aromatic heterocycles. The van der Waals surface area contributed by atoms with Crippen molar-refractivity contribution in [3.63, 3.8) is 0 Å². The van der Waals surface area contributed by atoms with E-state index in [0.717, 1.165) is 21.2 Å². The molecule has 1 aliphatic carbocycles. The van der Waals surface area contributed by atoms with Gasteiger partial charge in [-0.05, 0) is 49.4 Å². The van der Waals surface area contributed by atoms with Crippen molar-refractivity contribution >= 4 is 27.8 Å². The van der Waals surface area contributed by atoms with Gasteiger partial charge >= 0.3 is 5.97 Å². The van der Waals surface area contributed by atoms with Crippen LogP contribution in [0.5, 0.6) is 0 Å². The number of hydrogen-bond donors (Lipinski definition) is 1. The molecule has 0 bridgehead atoms. The quantitative estimate of drug-likeness (QED) is 0.729. The van der Waals surface area contributed by atoms with E-state index in [1.54, 1.807) is 0 Å². The van der Waals surface area contributed by atoms with E-state index in [2.05, 4.69) is 21.2 Å². The average Bonchev–Trinajstić information content (AvgIpc) is 3.12. The monoisotopic (exact) mass is 439 g/mol. The molecule has 1 saturated heterocycles. The summed E-state index contributed by atoms with van der Waals surface area (Å²) in [6, 6.07) is 3.96. The molecule has 6 nitrogen and oxygen atoms in total. The molecule has 7 heteroatoms. The standard InChI is InChI=1S/C20H26BrNO5/c1-13-4-5-16(21)14(2)15(13)12-17(23)22-19(18(24)25-3)6-8-20(9-7-19)26-10-11-27-20/h4-5H,6-12H2,1-3H3,(H,22,23). The van der Waals surface area contributed by atoms with Gasteiger partial charge in [-0.25, -0.2) is 4.79 Å². The summed E-state index contributed by atoms with van der Waals surface area (Å²) < 4.78 is 17.5. The second-order valence-electron chi connectivity index (χ2n) is 7.37. The highest BCUT2D eigenvalue weighted by molar-refractivity contribution is 9.10. The Hall–Kier alpha value is -1.44. The summed E-state index contributed by atoms with van der Waals surface area (Å²) in [6.45, 7) is 5.10. The van der Waals surface area contributed by atoms with Crippen LogP contribution in [-0.4, -0.2) is 43.5 Å². The highest BCUT2D eigenvalue weighted by atomic mass is 79.9. The van der Waals surface area contributed by atoms with Crippen LogP contribution in [0.4, 0.5) is 0 Å². The second-order valence-corrected chi connectivity index (χ2v) is 8.23. The van der Waals surface area contributed by atoms with Crippen LogP contribution in [0.1, 0.15) is 42.4 Å². The van der Waals surface area contributed by atoms with Crippen LogP contribution in [0, 0.1) is 13.8 Å². The van der Waals surface area contributed by atoms with Gasteiger partial charge in [-0.1, -0.05) is 22.0 Å². The predicted octanol–water partition coefficient (Wildman–Crippen LogP) is 2.95. The van der Waals surface area contributed by atoms with Crippen molar-refractivity contribution in [2.45, 2.75) is 57.3 Å². The number of nitrogens with one attached hydrogen (secondary N) is 1. The van der Waals surface area contributed by atoms with Crippen molar-refractivity contribution in [2.24, 2.45) is 0 Å². The molecule has 148 valence electrons. The van der Waals surface area contributed by atoms with Crippen LogP contribution >= 0.6 is 15.9 Å². The van der Waals surface area contributed by atoms with Crippen molar-refractivity contribution in [3.05, 3.63) is 33.3 Å².